The molecule has 1 fully saturated rings. The summed E-state index contributed by atoms with van der Waals surface area (Å²) in [6.45, 7) is 0.491. The van der Waals surface area contributed by atoms with Gasteiger partial charge in [-0.1, -0.05) is 41.4 Å². The molecule has 0 aliphatic carbocycles. The highest BCUT2D eigenvalue weighted by Crippen LogP contribution is 2.30. The van der Waals surface area contributed by atoms with Crippen LogP contribution in [0.15, 0.2) is 36.4 Å². The quantitative estimate of drug-likeness (QED) is 0.609. The zero-order chi connectivity index (χ0) is 22.1. The van der Waals surface area contributed by atoms with E-state index in [9.17, 15) is 19.2 Å². The summed E-state index contributed by atoms with van der Waals surface area (Å²) >= 11 is 12.0. The average Bonchev–Trinajstić information content (AvgIpc) is 3.06. The van der Waals surface area contributed by atoms with E-state index in [1.54, 1.807) is 24.3 Å². The smallest absolute Gasteiger partial charge is 0.319 e. The van der Waals surface area contributed by atoms with Crippen molar-refractivity contribution in [3.8, 4) is 0 Å². The highest BCUT2D eigenvalue weighted by Gasteiger charge is 2.39. The Morgan fingerprint density at radius 1 is 1.16 bits per heavy atom. The van der Waals surface area contributed by atoms with Gasteiger partial charge in [0.25, 0.3) is 5.91 Å². The van der Waals surface area contributed by atoms with Gasteiger partial charge in [-0.3, -0.25) is 19.7 Å². The minimum atomic E-state index is -0.660. The van der Waals surface area contributed by atoms with Gasteiger partial charge in [-0.05, 0) is 35.7 Å². The lowest BCUT2D eigenvalue weighted by Gasteiger charge is -2.29. The summed E-state index contributed by atoms with van der Waals surface area (Å²) in [5.41, 5.74) is 2.40. The third-order valence-electron chi connectivity index (χ3n) is 5.25. The number of hydrogen-bond acceptors (Lipinski definition) is 4. The number of imide groups is 1. The van der Waals surface area contributed by atoms with Crippen molar-refractivity contribution < 1.29 is 19.2 Å². The number of piperidine rings is 1. The van der Waals surface area contributed by atoms with Gasteiger partial charge in [0.2, 0.25) is 11.8 Å². The third kappa shape index (κ3) is 4.35. The van der Waals surface area contributed by atoms with Crippen molar-refractivity contribution in [3.63, 3.8) is 0 Å². The first kappa shape index (κ1) is 21.1. The molecule has 2 heterocycles. The Balaban J connectivity index is 1.40. The lowest BCUT2D eigenvalue weighted by Crippen LogP contribution is -2.52. The molecule has 1 unspecified atom stereocenters. The van der Waals surface area contributed by atoms with Crippen molar-refractivity contribution >= 4 is 52.6 Å². The van der Waals surface area contributed by atoms with Crippen LogP contribution in [-0.2, 0) is 22.7 Å². The molecular weight excluding hydrogens is 443 g/mol. The zero-order valence-electron chi connectivity index (χ0n) is 16.2. The van der Waals surface area contributed by atoms with Gasteiger partial charge >= 0.3 is 6.03 Å². The largest absolute Gasteiger partial charge is 0.334 e. The Labute approximate surface area is 187 Å². The van der Waals surface area contributed by atoms with Crippen LogP contribution in [0.4, 0.5) is 10.5 Å². The lowest BCUT2D eigenvalue weighted by molar-refractivity contribution is -0.136. The van der Waals surface area contributed by atoms with Gasteiger partial charge in [-0.25, -0.2) is 4.79 Å². The summed E-state index contributed by atoms with van der Waals surface area (Å²) in [4.78, 5) is 50.0. The molecule has 2 aliphatic rings. The first-order chi connectivity index (χ1) is 14.8. The molecule has 5 amide bonds. The fraction of sp³-hybridized carbons (Fsp3) is 0.238. The Morgan fingerprint density at radius 2 is 1.97 bits per heavy atom. The fourth-order valence-electron chi connectivity index (χ4n) is 3.66. The van der Waals surface area contributed by atoms with Gasteiger partial charge in [0, 0.05) is 25.1 Å². The van der Waals surface area contributed by atoms with E-state index in [4.69, 9.17) is 23.2 Å². The zero-order valence-corrected chi connectivity index (χ0v) is 17.7. The summed E-state index contributed by atoms with van der Waals surface area (Å²) < 4.78 is 0. The van der Waals surface area contributed by atoms with E-state index in [1.807, 2.05) is 12.1 Å². The second-order valence-electron chi connectivity index (χ2n) is 7.30. The minimum Gasteiger partial charge on any atom is -0.334 e. The summed E-state index contributed by atoms with van der Waals surface area (Å²) in [6.07, 6.45) is 0.516. The highest BCUT2D eigenvalue weighted by molar-refractivity contribution is 6.43. The molecule has 31 heavy (non-hydrogen) atoms. The van der Waals surface area contributed by atoms with E-state index in [0.717, 1.165) is 11.1 Å². The van der Waals surface area contributed by atoms with Crippen molar-refractivity contribution in [2.75, 3.05) is 5.32 Å². The molecule has 8 nitrogen and oxygen atoms in total. The van der Waals surface area contributed by atoms with E-state index < -0.39 is 18.0 Å². The summed E-state index contributed by atoms with van der Waals surface area (Å²) in [7, 11) is 0. The molecule has 2 aromatic carbocycles. The van der Waals surface area contributed by atoms with Crippen molar-refractivity contribution in [3.05, 3.63) is 63.1 Å². The lowest BCUT2D eigenvalue weighted by atomic mass is 10.0. The SMILES string of the molecule is O=C1CCC(N2Cc3ccc(CNC(=O)Nc4cccc(Cl)c4Cl)cc3C2=O)C(=O)N1. The number of nitrogens with zero attached hydrogens (tertiary/aromatic N) is 1. The molecule has 4 rings (SSSR count). The molecule has 0 bridgehead atoms. The van der Waals surface area contributed by atoms with Crippen LogP contribution in [0.25, 0.3) is 0 Å². The molecule has 10 heteroatoms. The fourth-order valence-corrected chi connectivity index (χ4v) is 4.01. The van der Waals surface area contributed by atoms with Crippen LogP contribution in [0.1, 0.15) is 34.3 Å². The number of anilines is 1. The number of benzene rings is 2. The van der Waals surface area contributed by atoms with Crippen LogP contribution in [0.2, 0.25) is 10.0 Å². The molecule has 0 saturated carbocycles. The van der Waals surface area contributed by atoms with Gasteiger partial charge < -0.3 is 15.5 Å². The molecule has 2 aliphatic heterocycles. The predicted octanol–water partition coefficient (Wildman–Crippen LogP) is 3.08. The number of rotatable bonds is 4. The second-order valence-corrected chi connectivity index (χ2v) is 8.09. The van der Waals surface area contributed by atoms with Crippen LogP contribution in [0.5, 0.6) is 0 Å². The van der Waals surface area contributed by atoms with Crippen molar-refractivity contribution in [2.45, 2.75) is 32.0 Å². The maximum absolute atomic E-state index is 12.9. The van der Waals surface area contributed by atoms with Crippen LogP contribution in [0.3, 0.4) is 0 Å². The molecule has 1 saturated heterocycles. The van der Waals surface area contributed by atoms with E-state index in [1.165, 1.54) is 4.90 Å². The van der Waals surface area contributed by atoms with Gasteiger partial charge in [0.1, 0.15) is 6.04 Å². The molecule has 0 radical (unpaired) electrons. The number of hydrogen-bond donors (Lipinski definition) is 3. The second kappa shape index (κ2) is 8.56. The van der Waals surface area contributed by atoms with Crippen molar-refractivity contribution in [1.82, 2.24) is 15.5 Å². The van der Waals surface area contributed by atoms with Crippen molar-refractivity contribution in [2.24, 2.45) is 0 Å². The molecule has 3 N–H and O–H groups in total. The summed E-state index contributed by atoms with van der Waals surface area (Å²) in [5.74, 6) is -1.03. The molecule has 160 valence electrons. The van der Waals surface area contributed by atoms with Gasteiger partial charge in [-0.15, -0.1) is 0 Å². The van der Waals surface area contributed by atoms with Gasteiger partial charge in [0.15, 0.2) is 0 Å². The van der Waals surface area contributed by atoms with E-state index in [-0.39, 0.29) is 29.8 Å². The Bertz CT molecular complexity index is 1100. The number of nitrogens with one attached hydrogen (secondary N) is 3. The Morgan fingerprint density at radius 3 is 2.74 bits per heavy atom. The van der Waals surface area contributed by atoms with Crippen LogP contribution in [0, 0.1) is 0 Å². The van der Waals surface area contributed by atoms with Gasteiger partial charge in [0.05, 0.1) is 15.7 Å². The highest BCUT2D eigenvalue weighted by atomic mass is 35.5. The first-order valence-electron chi connectivity index (χ1n) is 9.59. The number of carbonyl (C=O) groups excluding carboxylic acids is 4. The number of amides is 5. The number of urea groups is 1. The standard InChI is InChI=1S/C21H18Cl2N4O4/c22-14-2-1-3-15(18(14)23)25-21(31)24-9-11-4-5-12-10-27(20(30)13(12)8-11)16-6-7-17(28)26-19(16)29/h1-5,8,16H,6-7,9-10H2,(H2,24,25,31)(H,26,28,29). The maximum Gasteiger partial charge on any atom is 0.319 e. The summed E-state index contributed by atoms with van der Waals surface area (Å²) in [5, 5.41) is 8.19. The topological polar surface area (TPSA) is 108 Å². The maximum atomic E-state index is 12.9. The predicted molar refractivity (Wildman–Crippen MR) is 115 cm³/mol. The molecule has 1 atom stereocenters. The Hall–Kier alpha value is -3.10. The molecule has 0 aromatic heterocycles. The number of halogens is 2. The number of fused-ring (bicyclic) bond motifs is 1. The normalized spacial score (nSPS) is 17.9. The Kier molecular flexibility index (Phi) is 5.84. The molecule has 2 aromatic rings. The first-order valence-corrected chi connectivity index (χ1v) is 10.3. The number of carbonyl (C=O) groups is 4. The van der Waals surface area contributed by atoms with E-state index in [0.29, 0.717) is 29.2 Å². The van der Waals surface area contributed by atoms with Crippen LogP contribution in [-0.4, -0.2) is 34.7 Å². The van der Waals surface area contributed by atoms with Crippen molar-refractivity contribution in [1.29, 1.82) is 0 Å². The average molecular weight is 461 g/mol. The van der Waals surface area contributed by atoms with E-state index >= 15 is 0 Å². The minimum absolute atomic E-state index is 0.184. The summed E-state index contributed by atoms with van der Waals surface area (Å²) in [6, 6.07) is 9.11. The van der Waals surface area contributed by atoms with Gasteiger partial charge in [-0.2, -0.15) is 0 Å². The third-order valence-corrected chi connectivity index (χ3v) is 6.06. The molecule has 0 spiro atoms. The monoisotopic (exact) mass is 460 g/mol. The van der Waals surface area contributed by atoms with E-state index in [2.05, 4.69) is 16.0 Å². The molecular formula is C21H18Cl2N4O4. The van der Waals surface area contributed by atoms with Crippen LogP contribution >= 0.6 is 23.2 Å². The van der Waals surface area contributed by atoms with Crippen LogP contribution < -0.4 is 16.0 Å².